The van der Waals surface area contributed by atoms with Crippen LogP contribution >= 0.6 is 67.8 Å². The maximum Gasteiger partial charge on any atom is 0.0606 e. The highest BCUT2D eigenvalue weighted by Gasteiger charge is 1.98. The van der Waals surface area contributed by atoms with Gasteiger partial charge in [-0.1, -0.05) is 83.5 Å². The smallest absolute Gasteiger partial charge is 0.0606 e. The van der Waals surface area contributed by atoms with E-state index in [9.17, 15) is 0 Å². The molecular weight excluding hydrogens is 647 g/mol. The van der Waals surface area contributed by atoms with Gasteiger partial charge in [-0.2, -0.15) is 0 Å². The van der Waals surface area contributed by atoms with E-state index in [0.29, 0.717) is 0 Å². The van der Waals surface area contributed by atoms with Gasteiger partial charge in [0.15, 0.2) is 0 Å². The molecule has 0 aromatic rings. The van der Waals surface area contributed by atoms with E-state index in [4.69, 9.17) is 0 Å². The summed E-state index contributed by atoms with van der Waals surface area (Å²) in [7, 11) is 4.35. The molecule has 0 unspecified atom stereocenters. The Hall–Kier alpha value is 1.89. The third-order valence-corrected chi connectivity index (χ3v) is 9.15. The zero-order valence-electron chi connectivity index (χ0n) is 16.6. The number of rotatable bonds is 18. The van der Waals surface area contributed by atoms with Crippen LogP contribution in [0.2, 0.25) is 0 Å². The molecule has 0 heterocycles. The maximum atomic E-state index is 2.50. The molecule has 0 saturated heterocycles. The molecule has 0 saturated carbocycles. The number of hydrogen-bond donors (Lipinski definition) is 0. The Morgan fingerprint density at radius 1 is 0.520 bits per heavy atom. The van der Waals surface area contributed by atoms with Crippen molar-refractivity contribution in [3.05, 3.63) is 5.17 Å². The van der Waals surface area contributed by atoms with E-state index in [1.54, 1.807) is 3.58 Å². The molecule has 150 valence electrons. The predicted octanol–water partition coefficient (Wildman–Crippen LogP) is 9.26. The van der Waals surface area contributed by atoms with Crippen molar-refractivity contribution in [3.63, 3.8) is 0 Å². The summed E-state index contributed by atoms with van der Waals surface area (Å²) < 4.78 is 2.99. The lowest BCUT2D eigenvalue weighted by Crippen LogP contribution is -2.12. The molecule has 0 N–H and O–H groups in total. The fourth-order valence-electron chi connectivity index (χ4n) is 3.10. The number of halogens is 3. The van der Waals surface area contributed by atoms with Crippen LogP contribution in [0.15, 0.2) is 5.17 Å². The van der Waals surface area contributed by atoms with Crippen LogP contribution in [0.5, 0.6) is 0 Å². The summed E-state index contributed by atoms with van der Waals surface area (Å²) in [4.78, 5) is 2.30. The van der Waals surface area contributed by atoms with Gasteiger partial charge in [0.1, 0.15) is 0 Å². The lowest BCUT2D eigenvalue weighted by Gasteiger charge is -2.08. The van der Waals surface area contributed by atoms with E-state index in [1.807, 2.05) is 0 Å². The molecule has 0 amide bonds. The van der Waals surface area contributed by atoms with Crippen molar-refractivity contribution in [2.45, 2.75) is 103 Å². The van der Waals surface area contributed by atoms with Crippen molar-refractivity contribution in [1.82, 2.24) is 4.90 Å². The van der Waals surface area contributed by atoms with E-state index in [2.05, 4.69) is 86.8 Å². The van der Waals surface area contributed by atoms with Crippen LogP contribution < -0.4 is 0 Å². The molecule has 0 aromatic heterocycles. The molecule has 4 heteroatoms. The molecule has 0 aliphatic carbocycles. The summed E-state index contributed by atoms with van der Waals surface area (Å²) in [5.74, 6) is 0. The molecule has 0 rings (SSSR count). The van der Waals surface area contributed by atoms with Gasteiger partial charge in [-0.25, -0.2) is 0 Å². The van der Waals surface area contributed by atoms with Gasteiger partial charge in [0, 0.05) is 3.58 Å². The van der Waals surface area contributed by atoms with E-state index in [-0.39, 0.29) is 0 Å². The number of nitrogens with zero attached hydrogens (tertiary/aromatic N) is 1. The van der Waals surface area contributed by atoms with Crippen molar-refractivity contribution >= 4 is 67.8 Å². The standard InChI is InChI=1S/C21H40I3N/c1-25(2)19-17-15-13-11-9-7-5-3-4-6-8-10-12-14-16-18-20(22)21(23)24/h3-19H2,1-2H3. The lowest BCUT2D eigenvalue weighted by atomic mass is 10.0. The highest BCUT2D eigenvalue weighted by atomic mass is 127. The Labute approximate surface area is 199 Å². The Balaban J connectivity index is 3.09. The number of unbranched alkanes of at least 4 members (excludes halogenated alkanes) is 14. The van der Waals surface area contributed by atoms with Crippen molar-refractivity contribution < 1.29 is 0 Å². The zero-order chi connectivity index (χ0) is 18.8. The molecule has 1 nitrogen and oxygen atoms in total. The van der Waals surface area contributed by atoms with Gasteiger partial charge in [-0.3, -0.25) is 0 Å². The Kier molecular flexibility index (Phi) is 22.2. The van der Waals surface area contributed by atoms with Gasteiger partial charge in [-0.15, -0.1) is 0 Å². The molecule has 0 aromatic carbocycles. The second kappa shape index (κ2) is 20.6. The van der Waals surface area contributed by atoms with Gasteiger partial charge in [0.2, 0.25) is 0 Å². The predicted molar refractivity (Wildman–Crippen MR) is 142 cm³/mol. The van der Waals surface area contributed by atoms with Gasteiger partial charge in [-0.05, 0) is 108 Å². The van der Waals surface area contributed by atoms with E-state index in [0.717, 1.165) is 0 Å². The van der Waals surface area contributed by atoms with Crippen LogP contribution in [0.25, 0.3) is 0 Å². The first-order valence-electron chi connectivity index (χ1n) is 10.4. The van der Waals surface area contributed by atoms with Crippen LogP contribution in [-0.2, 0) is 0 Å². The first-order valence-corrected chi connectivity index (χ1v) is 13.6. The molecular formula is C21H40I3N. The molecule has 0 aliphatic heterocycles. The van der Waals surface area contributed by atoms with Crippen molar-refractivity contribution in [3.8, 4) is 0 Å². The lowest BCUT2D eigenvalue weighted by molar-refractivity contribution is 0.389. The summed E-state index contributed by atoms with van der Waals surface area (Å²) in [6.07, 6.45) is 22.9. The largest absolute Gasteiger partial charge is 0.309 e. The average molecular weight is 687 g/mol. The van der Waals surface area contributed by atoms with Crippen LogP contribution in [0.3, 0.4) is 0 Å². The van der Waals surface area contributed by atoms with Crippen LogP contribution in [-0.4, -0.2) is 25.5 Å². The molecule has 0 radical (unpaired) electrons. The number of allylic oxidation sites excluding steroid dienone is 1. The van der Waals surface area contributed by atoms with Gasteiger partial charge < -0.3 is 4.90 Å². The highest BCUT2D eigenvalue weighted by Crippen LogP contribution is 2.29. The van der Waals surface area contributed by atoms with E-state index in [1.165, 1.54) is 111 Å². The summed E-state index contributed by atoms with van der Waals surface area (Å²) in [5.41, 5.74) is 0. The highest BCUT2D eigenvalue weighted by molar-refractivity contribution is 14.2. The van der Waals surface area contributed by atoms with Crippen LogP contribution in [0, 0.1) is 0 Å². The average Bonchev–Trinajstić information content (AvgIpc) is 2.57. The molecule has 0 spiro atoms. The quantitative estimate of drug-likeness (QED) is 0.103. The zero-order valence-corrected chi connectivity index (χ0v) is 23.1. The maximum absolute atomic E-state index is 2.50. The summed E-state index contributed by atoms with van der Waals surface area (Å²) in [6.45, 7) is 1.26. The minimum atomic E-state index is 1.26. The van der Waals surface area contributed by atoms with Crippen molar-refractivity contribution in [2.24, 2.45) is 0 Å². The monoisotopic (exact) mass is 687 g/mol. The number of hydrogen-bond acceptors (Lipinski definition) is 1. The third-order valence-electron chi connectivity index (χ3n) is 4.71. The molecule has 0 aliphatic rings. The minimum absolute atomic E-state index is 1.26. The van der Waals surface area contributed by atoms with Crippen molar-refractivity contribution in [1.29, 1.82) is 0 Å². The SMILES string of the molecule is CN(C)CCCCCCCCCCCCCCCCCC(I)=C(I)I. The molecule has 0 bridgehead atoms. The second-order valence-electron chi connectivity index (χ2n) is 7.52. The fourth-order valence-corrected chi connectivity index (χ4v) is 4.02. The van der Waals surface area contributed by atoms with Crippen LogP contribution in [0.4, 0.5) is 0 Å². The molecule has 25 heavy (non-hydrogen) atoms. The summed E-state index contributed by atoms with van der Waals surface area (Å²) in [6, 6.07) is 0. The minimum Gasteiger partial charge on any atom is -0.309 e. The van der Waals surface area contributed by atoms with Gasteiger partial charge >= 0.3 is 0 Å². The van der Waals surface area contributed by atoms with Crippen molar-refractivity contribution in [2.75, 3.05) is 20.6 Å². The Morgan fingerprint density at radius 3 is 1.16 bits per heavy atom. The fraction of sp³-hybridized carbons (Fsp3) is 0.905. The summed E-state index contributed by atoms with van der Waals surface area (Å²) in [5, 5.41) is 0. The Morgan fingerprint density at radius 2 is 0.840 bits per heavy atom. The Bertz CT molecular complexity index is 312. The molecule has 0 atom stereocenters. The summed E-state index contributed by atoms with van der Waals surface area (Å²) >= 11 is 7.36. The normalized spacial score (nSPS) is 11.3. The second-order valence-corrected chi connectivity index (χ2v) is 13.0. The van der Waals surface area contributed by atoms with Gasteiger partial charge in [0.05, 0.1) is 1.59 Å². The first-order chi connectivity index (χ1) is 12.0. The van der Waals surface area contributed by atoms with Crippen LogP contribution in [0.1, 0.15) is 103 Å². The topological polar surface area (TPSA) is 3.24 Å². The molecule has 0 fully saturated rings. The van der Waals surface area contributed by atoms with E-state index >= 15 is 0 Å². The van der Waals surface area contributed by atoms with E-state index < -0.39 is 0 Å². The van der Waals surface area contributed by atoms with Gasteiger partial charge in [0.25, 0.3) is 0 Å². The third kappa shape index (κ3) is 22.0. The first kappa shape index (κ1) is 26.9.